The van der Waals surface area contributed by atoms with Crippen LogP contribution < -0.4 is 5.32 Å². The van der Waals surface area contributed by atoms with Crippen LogP contribution in [0.2, 0.25) is 0 Å². The van der Waals surface area contributed by atoms with Crippen LogP contribution >= 0.6 is 27.3 Å². The number of hydrogen-bond acceptors (Lipinski definition) is 3. The normalized spacial score (nSPS) is 18.3. The van der Waals surface area contributed by atoms with Crippen LogP contribution in [0.1, 0.15) is 27.4 Å². The highest BCUT2D eigenvalue weighted by Gasteiger charge is 2.18. The highest BCUT2D eigenvalue weighted by atomic mass is 79.9. The molecule has 3 rings (SSSR count). The smallest absolute Gasteiger partial charge is 0.0897 e. The molecule has 19 heavy (non-hydrogen) atoms. The maximum atomic E-state index is 4.30. The molecule has 1 aliphatic carbocycles. The Bertz CT molecular complexity index is 579. The van der Waals surface area contributed by atoms with Crippen LogP contribution in [-0.2, 0) is 19.4 Å². The molecular weight excluding hydrogens is 320 g/mol. The Morgan fingerprint density at radius 1 is 1.42 bits per heavy atom. The zero-order valence-electron chi connectivity index (χ0n) is 10.9. The number of rotatable bonds is 3. The summed E-state index contributed by atoms with van der Waals surface area (Å²) in [6.45, 7) is 3.00. The molecule has 1 heterocycles. The van der Waals surface area contributed by atoms with E-state index in [2.05, 4.69) is 51.4 Å². The second kappa shape index (κ2) is 5.73. The number of benzene rings is 1. The summed E-state index contributed by atoms with van der Waals surface area (Å²) in [5.41, 5.74) is 2.99. The first-order valence-electron chi connectivity index (χ1n) is 6.63. The van der Waals surface area contributed by atoms with Crippen LogP contribution in [0.15, 0.2) is 28.9 Å². The Balaban J connectivity index is 1.61. The molecule has 0 amide bonds. The average molecular weight is 337 g/mol. The molecule has 0 aliphatic heterocycles. The van der Waals surface area contributed by atoms with Crippen molar-refractivity contribution in [3.05, 3.63) is 49.9 Å². The van der Waals surface area contributed by atoms with Crippen LogP contribution in [0, 0.1) is 6.92 Å². The summed E-state index contributed by atoms with van der Waals surface area (Å²) >= 11 is 5.33. The third kappa shape index (κ3) is 3.25. The van der Waals surface area contributed by atoms with Crippen LogP contribution in [0.5, 0.6) is 0 Å². The third-order valence-corrected chi connectivity index (χ3v) is 5.04. The number of nitrogens with one attached hydrogen (secondary N) is 1. The maximum absolute atomic E-state index is 4.30. The van der Waals surface area contributed by atoms with Gasteiger partial charge in [0.05, 0.1) is 5.01 Å². The zero-order chi connectivity index (χ0) is 13.2. The van der Waals surface area contributed by atoms with Gasteiger partial charge >= 0.3 is 0 Å². The lowest BCUT2D eigenvalue weighted by atomic mass is 9.88. The molecule has 0 saturated heterocycles. The van der Waals surface area contributed by atoms with Gasteiger partial charge in [-0.3, -0.25) is 0 Å². The maximum Gasteiger partial charge on any atom is 0.0897 e. The quantitative estimate of drug-likeness (QED) is 0.920. The van der Waals surface area contributed by atoms with Crippen molar-refractivity contribution in [1.82, 2.24) is 10.3 Å². The second-order valence-corrected chi connectivity index (χ2v) is 7.31. The van der Waals surface area contributed by atoms with E-state index in [1.165, 1.54) is 33.3 Å². The fraction of sp³-hybridized carbons (Fsp3) is 0.400. The molecule has 1 aromatic heterocycles. The van der Waals surface area contributed by atoms with Gasteiger partial charge in [0.2, 0.25) is 0 Å². The molecule has 2 aromatic rings. The summed E-state index contributed by atoms with van der Waals surface area (Å²) < 4.78 is 1.19. The van der Waals surface area contributed by atoms with E-state index in [1.54, 1.807) is 11.3 Å². The van der Waals surface area contributed by atoms with Gasteiger partial charge in [-0.2, -0.15) is 0 Å². The first kappa shape index (κ1) is 13.3. The molecule has 100 valence electrons. The number of halogens is 1. The standard InChI is InChI=1S/C15H17BrN2S/c1-10-17-8-15(19-10)9-18-14-5-3-11-6-13(16)4-2-12(11)7-14/h2,4,6,8,14,18H,3,5,7,9H2,1H3. The molecule has 1 N–H and O–H groups in total. The topological polar surface area (TPSA) is 24.9 Å². The van der Waals surface area contributed by atoms with Gasteiger partial charge in [0.25, 0.3) is 0 Å². The molecule has 0 spiro atoms. The molecule has 1 unspecified atom stereocenters. The van der Waals surface area contributed by atoms with Gasteiger partial charge < -0.3 is 5.32 Å². The number of aryl methyl sites for hydroxylation is 2. The van der Waals surface area contributed by atoms with E-state index in [0.717, 1.165) is 18.0 Å². The van der Waals surface area contributed by atoms with Crippen molar-refractivity contribution in [2.75, 3.05) is 0 Å². The lowest BCUT2D eigenvalue weighted by molar-refractivity contribution is 0.459. The van der Waals surface area contributed by atoms with Crippen LogP contribution in [0.3, 0.4) is 0 Å². The number of fused-ring (bicyclic) bond motifs is 1. The Hall–Kier alpha value is -0.710. The molecular formula is C15H17BrN2S. The molecule has 0 saturated carbocycles. The molecule has 2 nitrogen and oxygen atoms in total. The van der Waals surface area contributed by atoms with Gasteiger partial charge in [-0.05, 0) is 49.4 Å². The van der Waals surface area contributed by atoms with Crippen molar-refractivity contribution in [3.63, 3.8) is 0 Å². The van der Waals surface area contributed by atoms with E-state index in [0.29, 0.717) is 6.04 Å². The van der Waals surface area contributed by atoms with Gasteiger partial charge in [0.15, 0.2) is 0 Å². The monoisotopic (exact) mass is 336 g/mol. The fourth-order valence-electron chi connectivity index (χ4n) is 2.63. The summed E-state index contributed by atoms with van der Waals surface area (Å²) in [6.07, 6.45) is 5.52. The summed E-state index contributed by atoms with van der Waals surface area (Å²) in [5.74, 6) is 0. The summed E-state index contributed by atoms with van der Waals surface area (Å²) in [4.78, 5) is 5.63. The number of nitrogens with zero attached hydrogens (tertiary/aromatic N) is 1. The highest BCUT2D eigenvalue weighted by molar-refractivity contribution is 9.10. The third-order valence-electron chi connectivity index (χ3n) is 3.63. The average Bonchev–Trinajstić information content (AvgIpc) is 2.82. The van der Waals surface area contributed by atoms with Gasteiger partial charge in [-0.15, -0.1) is 11.3 Å². The highest BCUT2D eigenvalue weighted by Crippen LogP contribution is 2.25. The molecule has 4 heteroatoms. The first-order valence-corrected chi connectivity index (χ1v) is 8.23. The molecule has 0 fully saturated rings. The molecule has 1 aromatic carbocycles. The van der Waals surface area contributed by atoms with Crippen molar-refractivity contribution >= 4 is 27.3 Å². The van der Waals surface area contributed by atoms with Crippen molar-refractivity contribution in [2.24, 2.45) is 0 Å². The summed E-state index contributed by atoms with van der Waals surface area (Å²) in [6, 6.07) is 7.26. The van der Waals surface area contributed by atoms with E-state index in [9.17, 15) is 0 Å². The van der Waals surface area contributed by atoms with Crippen molar-refractivity contribution in [3.8, 4) is 0 Å². The van der Waals surface area contributed by atoms with Gasteiger partial charge in [0.1, 0.15) is 0 Å². The second-order valence-electron chi connectivity index (χ2n) is 5.08. The van der Waals surface area contributed by atoms with Crippen molar-refractivity contribution < 1.29 is 0 Å². The Morgan fingerprint density at radius 3 is 3.11 bits per heavy atom. The van der Waals surface area contributed by atoms with Crippen molar-refractivity contribution in [1.29, 1.82) is 0 Å². The van der Waals surface area contributed by atoms with Crippen LogP contribution in [-0.4, -0.2) is 11.0 Å². The van der Waals surface area contributed by atoms with Gasteiger partial charge in [-0.25, -0.2) is 4.98 Å². The fourth-order valence-corrected chi connectivity index (χ4v) is 3.78. The molecule has 0 bridgehead atoms. The Kier molecular flexibility index (Phi) is 4.01. The molecule has 1 aliphatic rings. The summed E-state index contributed by atoms with van der Waals surface area (Å²) in [7, 11) is 0. The first-order chi connectivity index (χ1) is 9.20. The molecule has 1 atom stereocenters. The number of thiazole rings is 1. The zero-order valence-corrected chi connectivity index (χ0v) is 13.4. The largest absolute Gasteiger partial charge is 0.309 e. The van der Waals surface area contributed by atoms with E-state index in [1.807, 2.05) is 6.20 Å². The van der Waals surface area contributed by atoms with E-state index in [4.69, 9.17) is 0 Å². The summed E-state index contributed by atoms with van der Waals surface area (Å²) in [5, 5.41) is 4.81. The minimum atomic E-state index is 0.594. The minimum absolute atomic E-state index is 0.594. The Labute approximate surface area is 126 Å². The van der Waals surface area contributed by atoms with E-state index in [-0.39, 0.29) is 0 Å². The van der Waals surface area contributed by atoms with Crippen LogP contribution in [0.4, 0.5) is 0 Å². The molecule has 0 radical (unpaired) electrons. The number of hydrogen-bond donors (Lipinski definition) is 1. The Morgan fingerprint density at radius 2 is 2.32 bits per heavy atom. The lowest BCUT2D eigenvalue weighted by Gasteiger charge is -2.25. The lowest BCUT2D eigenvalue weighted by Crippen LogP contribution is -2.33. The van der Waals surface area contributed by atoms with E-state index >= 15 is 0 Å². The predicted molar refractivity (Wildman–Crippen MR) is 83.6 cm³/mol. The minimum Gasteiger partial charge on any atom is -0.309 e. The van der Waals surface area contributed by atoms with Crippen LogP contribution in [0.25, 0.3) is 0 Å². The predicted octanol–water partition coefficient (Wildman–Crippen LogP) is 3.86. The number of aromatic nitrogens is 1. The van der Waals surface area contributed by atoms with Gasteiger partial charge in [-0.1, -0.05) is 22.0 Å². The van der Waals surface area contributed by atoms with Gasteiger partial charge in [0, 0.05) is 28.1 Å². The van der Waals surface area contributed by atoms with E-state index < -0.39 is 0 Å². The van der Waals surface area contributed by atoms with Crippen molar-refractivity contribution in [2.45, 2.75) is 38.8 Å². The SMILES string of the molecule is Cc1ncc(CNC2CCc3cc(Br)ccc3C2)s1.